The molecule has 0 unspecified atom stereocenters. The highest BCUT2D eigenvalue weighted by molar-refractivity contribution is 7.15. The monoisotopic (exact) mass is 396 g/mol. The number of imidazole rings is 1. The lowest BCUT2D eigenvalue weighted by Gasteiger charge is -2.56. The average Bonchev–Trinajstić information content (AvgIpc) is 3.28. The first-order valence-corrected chi connectivity index (χ1v) is 11.0. The summed E-state index contributed by atoms with van der Waals surface area (Å²) in [7, 11) is 3.19. The summed E-state index contributed by atoms with van der Waals surface area (Å²) in [4.78, 5) is 14.8. The highest BCUT2D eigenvalue weighted by Crippen LogP contribution is 2.60. The normalized spacial score (nSPS) is 30.9. The molecule has 0 radical (unpaired) electrons. The number of ether oxygens (including phenoxy) is 2. The van der Waals surface area contributed by atoms with Crippen LogP contribution < -0.4 is 9.47 Å². The van der Waals surface area contributed by atoms with Crippen LogP contribution >= 0.6 is 11.3 Å². The summed E-state index contributed by atoms with van der Waals surface area (Å²) in [5.41, 5.74) is 3.50. The zero-order chi connectivity index (χ0) is 18.9. The van der Waals surface area contributed by atoms with Gasteiger partial charge in [0.1, 0.15) is 0 Å². The fourth-order valence-corrected chi connectivity index (χ4v) is 7.31. The number of rotatable bonds is 4. The van der Waals surface area contributed by atoms with E-state index in [9.17, 15) is 0 Å². The predicted molar refractivity (Wildman–Crippen MR) is 107 cm³/mol. The molecule has 0 spiro atoms. The van der Waals surface area contributed by atoms with E-state index in [1.165, 1.54) is 44.2 Å². The Bertz CT molecular complexity index is 1020. The van der Waals surface area contributed by atoms with Gasteiger partial charge in [0.25, 0.3) is 0 Å². The minimum absolute atomic E-state index is 0.304. The Hall–Kier alpha value is -2.15. The van der Waals surface area contributed by atoms with Crippen LogP contribution in [0.25, 0.3) is 16.2 Å². The van der Waals surface area contributed by atoms with Crippen LogP contribution in [0, 0.1) is 17.8 Å². The summed E-state index contributed by atoms with van der Waals surface area (Å²) < 4.78 is 12.8. The fourth-order valence-electron chi connectivity index (χ4n) is 6.44. The van der Waals surface area contributed by atoms with Crippen molar-refractivity contribution in [3.8, 4) is 23.1 Å². The van der Waals surface area contributed by atoms with Crippen molar-refractivity contribution < 1.29 is 9.47 Å². The Morgan fingerprint density at radius 2 is 1.75 bits per heavy atom. The van der Waals surface area contributed by atoms with Gasteiger partial charge in [-0.15, -0.1) is 11.3 Å². The first-order chi connectivity index (χ1) is 13.7. The van der Waals surface area contributed by atoms with Gasteiger partial charge < -0.3 is 9.47 Å². The molecule has 3 aromatic rings. The van der Waals surface area contributed by atoms with Crippen molar-refractivity contribution in [2.24, 2.45) is 17.8 Å². The molecule has 0 aromatic carbocycles. The quantitative estimate of drug-likeness (QED) is 0.657. The number of hydrogen-bond acceptors (Lipinski definition) is 6. The molecule has 7 rings (SSSR count). The minimum atomic E-state index is 0.304. The minimum Gasteiger partial charge on any atom is -0.480 e. The van der Waals surface area contributed by atoms with Crippen LogP contribution in [0.4, 0.5) is 0 Å². The number of methoxy groups -OCH3 is 2. The van der Waals surface area contributed by atoms with Gasteiger partial charge in [-0.05, 0) is 56.3 Å². The molecular weight excluding hydrogens is 372 g/mol. The van der Waals surface area contributed by atoms with Gasteiger partial charge in [-0.1, -0.05) is 0 Å². The molecule has 4 fully saturated rings. The molecule has 0 N–H and O–H groups in total. The van der Waals surface area contributed by atoms with Crippen molar-refractivity contribution in [2.45, 2.75) is 43.9 Å². The molecule has 3 heterocycles. The predicted octanol–water partition coefficient (Wildman–Crippen LogP) is 4.34. The molecule has 0 atom stereocenters. The smallest absolute Gasteiger partial charge is 0.319 e. The molecule has 0 saturated heterocycles. The van der Waals surface area contributed by atoms with E-state index in [1.807, 2.05) is 0 Å². The van der Waals surface area contributed by atoms with Crippen molar-refractivity contribution in [3.63, 3.8) is 0 Å². The van der Waals surface area contributed by atoms with Gasteiger partial charge in [0, 0.05) is 23.2 Å². The first-order valence-electron chi connectivity index (χ1n) is 10.1. The van der Waals surface area contributed by atoms with Crippen LogP contribution in [-0.4, -0.2) is 33.6 Å². The molecule has 4 aliphatic carbocycles. The third kappa shape index (κ3) is 2.35. The van der Waals surface area contributed by atoms with Crippen LogP contribution in [0.3, 0.4) is 0 Å². The van der Waals surface area contributed by atoms with Gasteiger partial charge in [-0.25, -0.2) is 9.97 Å². The largest absolute Gasteiger partial charge is 0.480 e. The van der Waals surface area contributed by atoms with Crippen LogP contribution in [0.15, 0.2) is 17.8 Å². The van der Waals surface area contributed by atoms with Gasteiger partial charge in [-0.3, -0.25) is 4.40 Å². The molecule has 0 aliphatic heterocycles. The van der Waals surface area contributed by atoms with E-state index in [4.69, 9.17) is 14.5 Å². The number of aromatic nitrogens is 4. The van der Waals surface area contributed by atoms with Crippen molar-refractivity contribution in [1.29, 1.82) is 0 Å². The van der Waals surface area contributed by atoms with Gasteiger partial charge in [0.2, 0.25) is 5.88 Å². The van der Waals surface area contributed by atoms with E-state index in [-0.39, 0.29) is 0 Å². The fraction of sp³-hybridized carbons (Fsp3) is 0.571. The van der Waals surface area contributed by atoms with E-state index in [0.29, 0.717) is 17.3 Å². The van der Waals surface area contributed by atoms with Crippen molar-refractivity contribution in [2.75, 3.05) is 14.2 Å². The van der Waals surface area contributed by atoms with Crippen LogP contribution in [0.2, 0.25) is 0 Å². The topological polar surface area (TPSA) is 61.5 Å². The first kappa shape index (κ1) is 16.8. The second kappa shape index (κ2) is 5.92. The lowest BCUT2D eigenvalue weighted by Crippen LogP contribution is -2.48. The maximum absolute atomic E-state index is 5.51. The van der Waals surface area contributed by atoms with Gasteiger partial charge in [0.05, 0.1) is 31.2 Å². The molecule has 4 aliphatic rings. The summed E-state index contributed by atoms with van der Waals surface area (Å²) >= 11 is 1.67. The lowest BCUT2D eigenvalue weighted by atomic mass is 9.49. The van der Waals surface area contributed by atoms with Crippen LogP contribution in [0.5, 0.6) is 11.9 Å². The standard InChI is InChI=1S/C21H24N4O2S/c1-26-18-15(9-22-19(24-18)27-2)16-11-28-20-23-17(10-25(16)20)21-6-12-3-13(7-21)5-14(4-12)8-21/h9-14H,3-8H2,1-2H3. The molecule has 6 nitrogen and oxygen atoms in total. The molecular formula is C21H24N4O2S. The molecule has 3 aromatic heterocycles. The van der Waals surface area contributed by atoms with E-state index in [0.717, 1.165) is 34.0 Å². The van der Waals surface area contributed by atoms with Gasteiger partial charge >= 0.3 is 6.01 Å². The molecule has 7 heteroatoms. The summed E-state index contributed by atoms with van der Waals surface area (Å²) in [5, 5.41) is 2.11. The number of hydrogen-bond donors (Lipinski definition) is 0. The maximum Gasteiger partial charge on any atom is 0.319 e. The van der Waals surface area contributed by atoms with Gasteiger partial charge in [0.15, 0.2) is 4.96 Å². The Morgan fingerprint density at radius 3 is 2.39 bits per heavy atom. The van der Waals surface area contributed by atoms with Crippen LogP contribution in [0.1, 0.15) is 44.2 Å². The lowest BCUT2D eigenvalue weighted by molar-refractivity contribution is -0.00696. The van der Waals surface area contributed by atoms with E-state index in [1.54, 1.807) is 31.8 Å². The second-order valence-corrected chi connectivity index (χ2v) is 9.71. The molecule has 4 saturated carbocycles. The summed E-state index contributed by atoms with van der Waals surface area (Å²) in [6, 6.07) is 0.312. The zero-order valence-corrected chi connectivity index (χ0v) is 17.0. The van der Waals surface area contributed by atoms with Crippen molar-refractivity contribution >= 4 is 16.3 Å². The Labute approximate surface area is 167 Å². The highest BCUT2D eigenvalue weighted by Gasteiger charge is 2.52. The van der Waals surface area contributed by atoms with E-state index < -0.39 is 0 Å². The average molecular weight is 397 g/mol. The zero-order valence-electron chi connectivity index (χ0n) is 16.2. The summed E-state index contributed by atoms with van der Waals surface area (Å²) in [6.45, 7) is 0. The second-order valence-electron chi connectivity index (χ2n) is 8.88. The third-order valence-electron chi connectivity index (χ3n) is 7.17. The van der Waals surface area contributed by atoms with Gasteiger partial charge in [-0.2, -0.15) is 4.98 Å². The Morgan fingerprint density at radius 1 is 1.04 bits per heavy atom. The van der Waals surface area contributed by atoms with Crippen molar-refractivity contribution in [3.05, 3.63) is 23.5 Å². The van der Waals surface area contributed by atoms with Crippen molar-refractivity contribution in [1.82, 2.24) is 19.4 Å². The van der Waals surface area contributed by atoms with E-state index >= 15 is 0 Å². The molecule has 146 valence electrons. The number of fused-ring (bicyclic) bond motifs is 1. The maximum atomic E-state index is 5.51. The summed E-state index contributed by atoms with van der Waals surface area (Å²) in [5.74, 6) is 3.28. The number of thiazole rings is 1. The summed E-state index contributed by atoms with van der Waals surface area (Å²) in [6.07, 6.45) is 12.4. The molecule has 28 heavy (non-hydrogen) atoms. The SMILES string of the molecule is COc1ncc(-c2csc3nc(C45CC6CC(CC(C6)C4)C5)cn23)c(OC)n1. The molecule has 0 amide bonds. The Kier molecular flexibility index (Phi) is 3.55. The van der Waals surface area contributed by atoms with Crippen LogP contribution in [-0.2, 0) is 5.41 Å². The van der Waals surface area contributed by atoms with E-state index in [2.05, 4.69) is 25.9 Å². The Balaban J connectivity index is 1.44. The molecule has 4 bridgehead atoms. The highest BCUT2D eigenvalue weighted by atomic mass is 32.1. The third-order valence-corrected chi connectivity index (χ3v) is 8.01. The number of nitrogens with zero attached hydrogens (tertiary/aromatic N) is 4.